The van der Waals surface area contributed by atoms with Gasteiger partial charge in [0.15, 0.2) is 5.69 Å². The Morgan fingerprint density at radius 2 is 1.94 bits per heavy atom. The second-order valence-electron chi connectivity index (χ2n) is 4.68. The Balaban J connectivity index is 2.20. The Hall–Kier alpha value is -1.65. The van der Waals surface area contributed by atoms with E-state index in [2.05, 4.69) is 24.0 Å². The molecule has 0 bridgehead atoms. The summed E-state index contributed by atoms with van der Waals surface area (Å²) < 4.78 is 0. The summed E-state index contributed by atoms with van der Waals surface area (Å²) in [5, 5.41) is 7.58. The quantitative estimate of drug-likeness (QED) is 0.798. The molecule has 1 aromatic heterocycles. The molecular weight excluding hydrogens is 216 g/mol. The van der Waals surface area contributed by atoms with Crippen LogP contribution in [0, 0.1) is 0 Å². The first-order chi connectivity index (χ1) is 8.09. The zero-order chi connectivity index (χ0) is 12.4. The lowest BCUT2D eigenvalue weighted by Crippen LogP contribution is -2.47. The van der Waals surface area contributed by atoms with Crippen LogP contribution in [0.2, 0.25) is 0 Å². The fraction of sp³-hybridized carbons (Fsp3) is 0.583. The van der Waals surface area contributed by atoms with Gasteiger partial charge in [-0.1, -0.05) is 0 Å². The van der Waals surface area contributed by atoms with E-state index in [1.807, 2.05) is 4.90 Å². The molecule has 2 heterocycles. The van der Waals surface area contributed by atoms with Gasteiger partial charge in [0, 0.05) is 12.1 Å². The molecule has 1 saturated heterocycles. The normalized spacial score (nSPS) is 24.7. The van der Waals surface area contributed by atoms with Crippen molar-refractivity contribution in [2.24, 2.45) is 0 Å². The first-order valence-corrected chi connectivity index (χ1v) is 6.01. The molecule has 5 heteroatoms. The summed E-state index contributed by atoms with van der Waals surface area (Å²) in [5.74, 6) is 0.290. The molecule has 1 fully saturated rings. The van der Waals surface area contributed by atoms with Crippen molar-refractivity contribution in [1.29, 1.82) is 0 Å². The van der Waals surface area contributed by atoms with Crippen LogP contribution in [0.25, 0.3) is 0 Å². The molecule has 1 aliphatic rings. The number of nitrogens with zero attached hydrogens (tertiary/aromatic N) is 3. The van der Waals surface area contributed by atoms with Gasteiger partial charge in [0.2, 0.25) is 0 Å². The highest BCUT2D eigenvalue weighted by atomic mass is 16.2. The van der Waals surface area contributed by atoms with Crippen molar-refractivity contribution < 1.29 is 4.79 Å². The number of nitrogen functional groups attached to an aromatic ring is 1. The number of hydrogen-bond donors (Lipinski definition) is 1. The minimum absolute atomic E-state index is 0.0443. The van der Waals surface area contributed by atoms with E-state index in [-0.39, 0.29) is 18.0 Å². The van der Waals surface area contributed by atoms with Crippen LogP contribution in [0.3, 0.4) is 0 Å². The topological polar surface area (TPSA) is 72.1 Å². The zero-order valence-electron chi connectivity index (χ0n) is 10.3. The van der Waals surface area contributed by atoms with Gasteiger partial charge in [0.25, 0.3) is 5.91 Å². The highest BCUT2D eigenvalue weighted by molar-refractivity contribution is 5.92. The van der Waals surface area contributed by atoms with E-state index in [0.29, 0.717) is 11.5 Å². The number of aromatic nitrogens is 2. The number of hydrogen-bond acceptors (Lipinski definition) is 4. The van der Waals surface area contributed by atoms with E-state index in [9.17, 15) is 4.79 Å². The number of likely N-dealkylation sites (tertiary alicyclic amines) is 1. The third kappa shape index (κ3) is 2.38. The summed E-state index contributed by atoms with van der Waals surface area (Å²) in [5.41, 5.74) is 5.84. The monoisotopic (exact) mass is 234 g/mol. The number of carbonyl (C=O) groups excluding carboxylic acids is 1. The lowest BCUT2D eigenvalue weighted by Gasteiger charge is -2.38. The van der Waals surface area contributed by atoms with Crippen molar-refractivity contribution in [2.75, 3.05) is 5.73 Å². The third-order valence-electron chi connectivity index (χ3n) is 3.33. The molecule has 0 radical (unpaired) electrons. The summed E-state index contributed by atoms with van der Waals surface area (Å²) in [7, 11) is 0. The first kappa shape index (κ1) is 11.8. The highest BCUT2D eigenvalue weighted by Gasteiger charge is 2.30. The molecule has 0 spiro atoms. The van der Waals surface area contributed by atoms with Crippen LogP contribution in [-0.4, -0.2) is 33.1 Å². The molecule has 0 aromatic carbocycles. The Morgan fingerprint density at radius 1 is 1.29 bits per heavy atom. The fourth-order valence-electron chi connectivity index (χ4n) is 2.41. The van der Waals surface area contributed by atoms with Gasteiger partial charge in [-0.2, -0.15) is 0 Å². The average Bonchev–Trinajstić information content (AvgIpc) is 2.29. The van der Waals surface area contributed by atoms with Gasteiger partial charge in [-0.25, -0.2) is 0 Å². The molecule has 92 valence electrons. The van der Waals surface area contributed by atoms with E-state index in [4.69, 9.17) is 5.73 Å². The molecule has 1 amide bonds. The summed E-state index contributed by atoms with van der Waals surface area (Å²) in [6.45, 7) is 4.16. The number of anilines is 1. The molecular formula is C12H18N4O. The Kier molecular flexibility index (Phi) is 3.26. The predicted molar refractivity (Wildman–Crippen MR) is 65.4 cm³/mol. The lowest BCUT2D eigenvalue weighted by atomic mass is 9.97. The van der Waals surface area contributed by atoms with Gasteiger partial charge in [0.05, 0.1) is 0 Å². The summed E-state index contributed by atoms with van der Waals surface area (Å²) in [6, 6.07) is 3.79. The fourth-order valence-corrected chi connectivity index (χ4v) is 2.41. The minimum atomic E-state index is -0.0443. The van der Waals surface area contributed by atoms with E-state index in [1.165, 1.54) is 6.42 Å². The van der Waals surface area contributed by atoms with Crippen LogP contribution in [0.5, 0.6) is 0 Å². The molecule has 2 atom stereocenters. The van der Waals surface area contributed by atoms with Crippen LogP contribution in [0.15, 0.2) is 12.1 Å². The van der Waals surface area contributed by atoms with E-state index in [0.717, 1.165) is 12.8 Å². The molecule has 0 unspecified atom stereocenters. The van der Waals surface area contributed by atoms with E-state index < -0.39 is 0 Å². The van der Waals surface area contributed by atoms with Crippen molar-refractivity contribution in [3.05, 3.63) is 17.8 Å². The standard InChI is InChI=1S/C12H18N4O/c1-8-4-3-5-9(2)16(8)12(17)10-6-7-11(13)15-14-10/h6-9H,3-5H2,1-2H3,(H2,13,15)/t8-,9+. The SMILES string of the molecule is C[C@@H]1CCC[C@H](C)N1C(=O)c1ccc(N)nn1. The van der Waals surface area contributed by atoms with Gasteiger partial charge in [-0.05, 0) is 45.2 Å². The average molecular weight is 234 g/mol. The summed E-state index contributed by atoms with van der Waals surface area (Å²) in [4.78, 5) is 14.2. The third-order valence-corrected chi connectivity index (χ3v) is 3.33. The van der Waals surface area contributed by atoms with Crippen molar-refractivity contribution in [3.8, 4) is 0 Å². The molecule has 17 heavy (non-hydrogen) atoms. The number of amides is 1. The molecule has 0 saturated carbocycles. The largest absolute Gasteiger partial charge is 0.382 e. The zero-order valence-corrected chi connectivity index (χ0v) is 10.3. The first-order valence-electron chi connectivity index (χ1n) is 6.01. The number of carbonyl (C=O) groups is 1. The van der Waals surface area contributed by atoms with Gasteiger partial charge in [-0.3, -0.25) is 4.79 Å². The Morgan fingerprint density at radius 3 is 2.47 bits per heavy atom. The van der Waals surface area contributed by atoms with Gasteiger partial charge in [-0.15, -0.1) is 10.2 Å². The smallest absolute Gasteiger partial charge is 0.274 e. The van der Waals surface area contributed by atoms with Crippen LogP contribution in [0.1, 0.15) is 43.6 Å². The van der Waals surface area contributed by atoms with Gasteiger partial charge in [0.1, 0.15) is 5.82 Å². The lowest BCUT2D eigenvalue weighted by molar-refractivity contribution is 0.0503. The van der Waals surface area contributed by atoms with Crippen LogP contribution in [0.4, 0.5) is 5.82 Å². The summed E-state index contributed by atoms with van der Waals surface area (Å²) in [6.07, 6.45) is 3.29. The second kappa shape index (κ2) is 4.69. The molecule has 0 aliphatic carbocycles. The molecule has 1 aromatic rings. The maximum Gasteiger partial charge on any atom is 0.274 e. The van der Waals surface area contributed by atoms with Crippen molar-refractivity contribution >= 4 is 11.7 Å². The van der Waals surface area contributed by atoms with Crippen LogP contribution < -0.4 is 5.73 Å². The minimum Gasteiger partial charge on any atom is -0.382 e. The van der Waals surface area contributed by atoms with E-state index in [1.54, 1.807) is 12.1 Å². The second-order valence-corrected chi connectivity index (χ2v) is 4.68. The van der Waals surface area contributed by atoms with Gasteiger partial charge < -0.3 is 10.6 Å². The summed E-state index contributed by atoms with van der Waals surface area (Å²) >= 11 is 0. The highest BCUT2D eigenvalue weighted by Crippen LogP contribution is 2.23. The molecule has 2 N–H and O–H groups in total. The number of rotatable bonds is 1. The van der Waals surface area contributed by atoms with Crippen molar-refractivity contribution in [2.45, 2.75) is 45.2 Å². The Bertz CT molecular complexity index is 393. The molecule has 2 rings (SSSR count). The Labute approximate surface area is 101 Å². The van der Waals surface area contributed by atoms with Crippen LogP contribution in [-0.2, 0) is 0 Å². The van der Waals surface area contributed by atoms with E-state index >= 15 is 0 Å². The van der Waals surface area contributed by atoms with Gasteiger partial charge >= 0.3 is 0 Å². The van der Waals surface area contributed by atoms with Crippen molar-refractivity contribution in [3.63, 3.8) is 0 Å². The number of piperidine rings is 1. The maximum atomic E-state index is 12.3. The van der Waals surface area contributed by atoms with Crippen LogP contribution >= 0.6 is 0 Å². The molecule has 1 aliphatic heterocycles. The number of nitrogens with two attached hydrogens (primary N) is 1. The molecule has 5 nitrogen and oxygen atoms in total. The predicted octanol–water partition coefficient (Wildman–Crippen LogP) is 1.46. The maximum absolute atomic E-state index is 12.3. The van der Waals surface area contributed by atoms with Crippen molar-refractivity contribution in [1.82, 2.24) is 15.1 Å².